The van der Waals surface area contributed by atoms with Crippen LogP contribution in [0, 0.1) is 5.92 Å². The fourth-order valence-corrected chi connectivity index (χ4v) is 8.89. The van der Waals surface area contributed by atoms with Crippen molar-refractivity contribution in [1.29, 1.82) is 0 Å². The highest BCUT2D eigenvalue weighted by atomic mass is 19.4. The predicted octanol–water partition coefficient (Wildman–Crippen LogP) is 7.56. The second kappa shape index (κ2) is 24.6. The van der Waals surface area contributed by atoms with Gasteiger partial charge in [0.15, 0.2) is 25.5 Å². The lowest BCUT2D eigenvalue weighted by molar-refractivity contribution is -0.523. The van der Waals surface area contributed by atoms with Gasteiger partial charge in [-0.25, -0.2) is 9.15 Å². The van der Waals surface area contributed by atoms with Gasteiger partial charge in [0.05, 0.1) is 0 Å². The standard InChI is InChI=1S/2C27H23NO3.C4H7NO2.C2HF3O2/c2*29-27(30)11-13-28-12-10-21-16-22(7-8-23(21)18-28)26-17-24-15-20(6-9-25(24)31-26)14-19-4-2-1-3-5-19;6-4(7)3-1-5-2-3;3-2(4,5)1(6)7/h2*1-9,15-18H,10-14H2;3,5H,1-2H2,(H,6,7);(H,6,7). The number of carboxylic acid groups (broad SMARTS) is 4. The van der Waals surface area contributed by atoms with Gasteiger partial charge in [0, 0.05) is 70.8 Å². The third-order valence-corrected chi connectivity index (χ3v) is 13.1. The van der Waals surface area contributed by atoms with E-state index in [0.29, 0.717) is 26.2 Å². The van der Waals surface area contributed by atoms with E-state index < -0.39 is 30.1 Å². The molecule has 8 aromatic rings. The van der Waals surface area contributed by atoms with Gasteiger partial charge in [-0.3, -0.25) is 9.59 Å². The minimum Gasteiger partial charge on any atom is -0.550 e. The third-order valence-electron chi connectivity index (χ3n) is 13.1. The number of carboxylic acids is 4. The highest BCUT2D eigenvalue weighted by molar-refractivity contribution is 5.87. The van der Waals surface area contributed by atoms with Crippen LogP contribution < -0.4 is 15.5 Å². The van der Waals surface area contributed by atoms with Gasteiger partial charge >= 0.3 is 18.1 Å². The second-order valence-electron chi connectivity index (χ2n) is 18.7. The number of rotatable bonds is 13. The molecule has 11 rings (SSSR count). The zero-order valence-corrected chi connectivity index (χ0v) is 41.3. The van der Waals surface area contributed by atoms with E-state index in [-0.39, 0.29) is 18.8 Å². The Morgan fingerprint density at radius 1 is 0.566 bits per heavy atom. The van der Waals surface area contributed by atoms with Crippen molar-refractivity contribution in [3.63, 3.8) is 0 Å². The lowest BCUT2D eigenvalue weighted by Crippen LogP contribution is -2.51. The maximum Gasteiger partial charge on any atom is 0.430 e. The minimum absolute atomic E-state index is 0.162. The lowest BCUT2D eigenvalue weighted by atomic mass is 9.98. The van der Waals surface area contributed by atoms with Crippen molar-refractivity contribution >= 4 is 58.2 Å². The predicted molar refractivity (Wildman–Crippen MR) is 276 cm³/mol. The fraction of sp³-hybridized carbons (Fsp3) is 0.233. The quantitative estimate of drug-likeness (QED) is 0.0964. The van der Waals surface area contributed by atoms with E-state index in [1.165, 1.54) is 33.4 Å². The topological polar surface area (TPSA) is 199 Å². The molecule has 0 atom stereocenters. The lowest BCUT2D eigenvalue weighted by Gasteiger charge is -2.27. The number of hydrogen-bond acceptors (Lipinski definition) is 9. The molecular formula is C60H54F3N3O10. The van der Waals surface area contributed by atoms with E-state index in [9.17, 15) is 32.7 Å². The molecule has 1 fully saturated rings. The van der Waals surface area contributed by atoms with Gasteiger partial charge in [-0.1, -0.05) is 84.9 Å². The summed E-state index contributed by atoms with van der Waals surface area (Å²) in [7, 11) is 0. The number of carbonyl (C=O) groups is 4. The molecule has 16 heteroatoms. The summed E-state index contributed by atoms with van der Waals surface area (Å²) in [4.78, 5) is 40.3. The van der Waals surface area contributed by atoms with Gasteiger partial charge in [0.2, 0.25) is 0 Å². The number of aliphatic carboxylic acids is 4. The van der Waals surface area contributed by atoms with Crippen LogP contribution in [0.5, 0.6) is 0 Å². The molecule has 0 saturated carbocycles. The van der Waals surface area contributed by atoms with Crippen LogP contribution in [0.4, 0.5) is 13.2 Å². The zero-order chi connectivity index (χ0) is 53.8. The number of benzene rings is 6. The molecule has 3 N–H and O–H groups in total. The van der Waals surface area contributed by atoms with Crippen molar-refractivity contribution in [2.24, 2.45) is 5.92 Å². The van der Waals surface area contributed by atoms with Gasteiger partial charge in [-0.05, 0) is 107 Å². The largest absolute Gasteiger partial charge is 0.550 e. The smallest absolute Gasteiger partial charge is 0.430 e. The summed E-state index contributed by atoms with van der Waals surface area (Å²) >= 11 is 0. The van der Waals surface area contributed by atoms with Crippen LogP contribution in [0.1, 0.15) is 57.3 Å². The number of carbonyl (C=O) groups excluding carboxylic acids is 2. The monoisotopic (exact) mass is 1030 g/mol. The Hall–Kier alpha value is -8.63. The molecular weight excluding hydrogens is 980 g/mol. The first-order valence-corrected chi connectivity index (χ1v) is 24.7. The maximum absolute atomic E-state index is 10.8. The van der Waals surface area contributed by atoms with Gasteiger partial charge in [-0.2, -0.15) is 13.2 Å². The highest BCUT2D eigenvalue weighted by Gasteiger charge is 2.29. The van der Waals surface area contributed by atoms with Crippen molar-refractivity contribution in [2.45, 2.75) is 44.7 Å². The van der Waals surface area contributed by atoms with Gasteiger partial charge in [-0.15, -0.1) is 0 Å². The second-order valence-corrected chi connectivity index (χ2v) is 18.7. The normalized spacial score (nSPS) is 13.7. The number of fused-ring (bicyclic) bond motifs is 4. The molecule has 0 radical (unpaired) electrons. The molecule has 0 aliphatic carbocycles. The van der Waals surface area contributed by atoms with Crippen molar-refractivity contribution in [3.05, 3.63) is 190 Å². The summed E-state index contributed by atoms with van der Waals surface area (Å²) < 4.78 is 48.0. The molecule has 13 nitrogen and oxygen atoms in total. The van der Waals surface area contributed by atoms with Crippen LogP contribution in [-0.2, 0) is 44.9 Å². The molecule has 1 saturated heterocycles. The third kappa shape index (κ3) is 14.8. The molecule has 3 aliphatic heterocycles. The van der Waals surface area contributed by atoms with Crippen LogP contribution in [0.25, 0.3) is 44.6 Å². The van der Waals surface area contributed by atoms with Crippen LogP contribution in [-0.4, -0.2) is 101 Å². The van der Waals surface area contributed by atoms with Gasteiger partial charge < -0.3 is 44.2 Å². The van der Waals surface area contributed by atoms with E-state index in [4.69, 9.17) is 28.9 Å². The molecule has 2 aromatic heterocycles. The van der Waals surface area contributed by atoms with E-state index in [0.717, 1.165) is 94.5 Å². The van der Waals surface area contributed by atoms with Crippen molar-refractivity contribution in [2.75, 3.05) is 39.3 Å². The highest BCUT2D eigenvalue weighted by Crippen LogP contribution is 2.33. The summed E-state index contributed by atoms with van der Waals surface area (Å²) in [6, 6.07) is 50.8. The Bertz CT molecular complexity index is 3230. The number of nitrogens with zero attached hydrogens (tertiary/aromatic N) is 2. The minimum atomic E-state index is -5.19. The summed E-state index contributed by atoms with van der Waals surface area (Å²) in [6.45, 7) is 3.95. The van der Waals surface area contributed by atoms with Gasteiger partial charge in [0.1, 0.15) is 54.6 Å². The van der Waals surface area contributed by atoms with Crippen LogP contribution in [0.15, 0.2) is 154 Å². The van der Waals surface area contributed by atoms with E-state index in [1.54, 1.807) is 0 Å². The van der Waals surface area contributed by atoms with Crippen LogP contribution in [0.3, 0.4) is 0 Å². The number of nitrogens with one attached hydrogen (secondary N) is 1. The molecule has 3 aliphatic rings. The molecule has 0 spiro atoms. The summed E-state index contributed by atoms with van der Waals surface area (Å²) in [5.41, 5.74) is 13.9. The zero-order valence-electron chi connectivity index (χ0n) is 41.3. The Morgan fingerprint density at radius 2 is 0.987 bits per heavy atom. The molecule has 0 amide bonds. The van der Waals surface area contributed by atoms with Crippen molar-refractivity contribution < 1.29 is 70.8 Å². The average Bonchev–Trinajstić information content (AvgIpc) is 4.02. The van der Waals surface area contributed by atoms with Crippen molar-refractivity contribution in [3.8, 4) is 22.6 Å². The number of hydrogen-bond donors (Lipinski definition) is 3. The first kappa shape index (κ1) is 53.7. The van der Waals surface area contributed by atoms with Crippen LogP contribution in [0.2, 0.25) is 0 Å². The molecule has 0 unspecified atom stereocenters. The summed E-state index contributed by atoms with van der Waals surface area (Å²) in [6.07, 6.45) is 2.89. The first-order chi connectivity index (χ1) is 36.5. The number of furan rings is 2. The molecule has 0 bridgehead atoms. The first-order valence-electron chi connectivity index (χ1n) is 24.7. The fourth-order valence-electron chi connectivity index (χ4n) is 8.89. The Labute approximate surface area is 435 Å². The molecule has 5 heterocycles. The summed E-state index contributed by atoms with van der Waals surface area (Å²) in [5.74, 6) is -3.92. The van der Waals surface area contributed by atoms with Crippen LogP contribution >= 0.6 is 0 Å². The average molecular weight is 1030 g/mol. The van der Waals surface area contributed by atoms with E-state index in [2.05, 4.69) is 160 Å². The SMILES string of the molecule is O=C(O)CC[N+]1=Cc2ccc(-c3cc4cc(Cc5ccccc5)ccc4o3)cc2CC1.O=C(O)CC[N+]1=Cc2ccc(-c3cc4cc(Cc5ccccc5)ccc4o3)cc2CC1.O=C([O-])C(F)(F)F.O=C([O-])C1CNC1. The van der Waals surface area contributed by atoms with Crippen molar-refractivity contribution in [1.82, 2.24) is 5.32 Å². The molecule has 6 aromatic carbocycles. The van der Waals surface area contributed by atoms with Gasteiger partial charge in [0.25, 0.3) is 0 Å². The Kier molecular flexibility index (Phi) is 17.4. The number of alkyl halides is 3. The molecule has 76 heavy (non-hydrogen) atoms. The molecule has 390 valence electrons. The summed E-state index contributed by atoms with van der Waals surface area (Å²) in [5, 5.41) is 41.5. The van der Waals surface area contributed by atoms with E-state index in [1.807, 2.05) is 12.1 Å². The Morgan fingerprint density at radius 3 is 1.33 bits per heavy atom. The maximum atomic E-state index is 10.8. The number of halogens is 3. The Balaban J connectivity index is 0.000000161. The van der Waals surface area contributed by atoms with E-state index >= 15 is 0 Å².